The molecule has 2 aromatic carbocycles. The van der Waals surface area contributed by atoms with Crippen LogP contribution in [0.5, 0.6) is 0 Å². The van der Waals surface area contributed by atoms with Crippen molar-refractivity contribution in [3.63, 3.8) is 0 Å². The summed E-state index contributed by atoms with van der Waals surface area (Å²) in [5, 5.41) is 55.3. The summed E-state index contributed by atoms with van der Waals surface area (Å²) in [6.07, 6.45) is -2.95. The van der Waals surface area contributed by atoms with E-state index < -0.39 is 58.3 Å². The highest BCUT2D eigenvalue weighted by Crippen LogP contribution is 2.40. The highest BCUT2D eigenvalue weighted by molar-refractivity contribution is 7.91. The van der Waals surface area contributed by atoms with E-state index >= 15 is 0 Å². The van der Waals surface area contributed by atoms with Crippen LogP contribution in [0.2, 0.25) is 0 Å². The zero-order valence-corrected chi connectivity index (χ0v) is 26.2. The summed E-state index contributed by atoms with van der Waals surface area (Å²) in [7, 11) is 0.0957. The van der Waals surface area contributed by atoms with Gasteiger partial charge in [-0.2, -0.15) is 0 Å². The van der Waals surface area contributed by atoms with Crippen LogP contribution in [0.15, 0.2) is 47.4 Å². The van der Waals surface area contributed by atoms with Crippen LogP contribution in [0.1, 0.15) is 69.5 Å². The number of sulfone groups is 1. The zero-order chi connectivity index (χ0) is 31.9. The molecule has 1 aliphatic rings. The first-order chi connectivity index (χ1) is 20.3. The van der Waals surface area contributed by atoms with Crippen molar-refractivity contribution in [2.75, 3.05) is 36.7 Å². The van der Waals surface area contributed by atoms with Crippen molar-refractivity contribution in [1.82, 2.24) is 5.32 Å². The molecule has 0 aromatic heterocycles. The van der Waals surface area contributed by atoms with Gasteiger partial charge < -0.3 is 35.7 Å². The van der Waals surface area contributed by atoms with Crippen LogP contribution < -0.4 is 15.5 Å². The van der Waals surface area contributed by atoms with Crippen molar-refractivity contribution >= 4 is 27.1 Å². The molecule has 43 heavy (non-hydrogen) atoms. The Kier molecular flexibility index (Phi) is 12.1. The van der Waals surface area contributed by atoms with E-state index in [9.17, 15) is 33.6 Å². The molecule has 1 heterocycles. The molecule has 0 saturated heterocycles. The lowest BCUT2D eigenvalue weighted by atomic mass is 9.86. The lowest BCUT2D eigenvalue weighted by Crippen LogP contribution is -2.50. The molecule has 0 aliphatic carbocycles. The fourth-order valence-electron chi connectivity index (χ4n) is 5.59. The Bertz CT molecular complexity index is 1330. The van der Waals surface area contributed by atoms with E-state index in [-0.39, 0.29) is 16.3 Å². The van der Waals surface area contributed by atoms with Gasteiger partial charge in [0.2, 0.25) is 0 Å². The highest BCUT2D eigenvalue weighted by Gasteiger charge is 2.42. The summed E-state index contributed by atoms with van der Waals surface area (Å²) in [4.78, 5) is 14.9. The fraction of sp³-hybridized carbons (Fsp3) is 0.581. The summed E-state index contributed by atoms with van der Waals surface area (Å²) in [5.74, 6) is -1.06. The number of carbonyl (C=O) groups is 1. The quantitative estimate of drug-likeness (QED) is 0.164. The number of nitrogens with zero attached hydrogens (tertiary/aromatic N) is 1. The van der Waals surface area contributed by atoms with E-state index in [4.69, 9.17) is 5.11 Å². The summed E-state index contributed by atoms with van der Waals surface area (Å²) in [6, 6.07) is 11.6. The Labute approximate surface area is 254 Å². The Morgan fingerprint density at radius 3 is 2.26 bits per heavy atom. The molecule has 5 atom stereocenters. The van der Waals surface area contributed by atoms with Gasteiger partial charge in [-0.05, 0) is 54.3 Å². The maximum Gasteiger partial charge on any atom is 0.256 e. The lowest BCUT2D eigenvalue weighted by molar-refractivity contribution is -0.144. The second-order valence-corrected chi connectivity index (χ2v) is 13.7. The first kappa shape index (κ1) is 34.9. The molecule has 7 N–H and O–H groups in total. The van der Waals surface area contributed by atoms with Crippen molar-refractivity contribution in [2.24, 2.45) is 0 Å². The summed E-state index contributed by atoms with van der Waals surface area (Å²) in [6.45, 7) is 3.29. The molecular formula is C31H47N3O8S. The number of rotatable bonds is 14. The van der Waals surface area contributed by atoms with Crippen LogP contribution in [-0.4, -0.2) is 96.3 Å². The zero-order valence-electron chi connectivity index (χ0n) is 25.4. The maximum atomic E-state index is 14.0. The molecule has 0 saturated carbocycles. The van der Waals surface area contributed by atoms with Crippen LogP contribution in [0.4, 0.5) is 11.4 Å². The van der Waals surface area contributed by atoms with Crippen molar-refractivity contribution in [1.29, 1.82) is 0 Å². The Balaban J connectivity index is 2.08. The molecule has 11 nitrogen and oxygen atoms in total. The van der Waals surface area contributed by atoms with Gasteiger partial charge in [-0.15, -0.1) is 0 Å². The van der Waals surface area contributed by atoms with Gasteiger partial charge in [0.15, 0.2) is 15.9 Å². The number of hydrogen-bond donors (Lipinski definition) is 7. The third kappa shape index (κ3) is 8.33. The third-order valence-electron chi connectivity index (χ3n) is 8.10. The number of carbonyl (C=O) groups excluding carboxylic acids is 1. The number of aliphatic hydroxyl groups excluding tert-OH is 5. The monoisotopic (exact) mass is 621 g/mol. The molecule has 240 valence electrons. The van der Waals surface area contributed by atoms with Crippen molar-refractivity contribution in [3.8, 4) is 0 Å². The summed E-state index contributed by atoms with van der Waals surface area (Å²) in [5.41, 5.74) is 1.71. The van der Waals surface area contributed by atoms with Gasteiger partial charge in [0.25, 0.3) is 5.91 Å². The number of aliphatic hydroxyl groups is 5. The van der Waals surface area contributed by atoms with Crippen molar-refractivity contribution < 1.29 is 38.7 Å². The molecule has 0 radical (unpaired) electrons. The molecule has 0 spiro atoms. The van der Waals surface area contributed by atoms with Crippen LogP contribution in [0.3, 0.4) is 0 Å². The lowest BCUT2D eigenvalue weighted by Gasteiger charge is -2.37. The van der Waals surface area contributed by atoms with E-state index in [2.05, 4.69) is 24.5 Å². The van der Waals surface area contributed by atoms with Gasteiger partial charge >= 0.3 is 0 Å². The highest BCUT2D eigenvalue weighted by atomic mass is 32.2. The number of benzene rings is 2. The Hall–Kier alpha value is -2.58. The first-order valence-corrected chi connectivity index (χ1v) is 16.5. The number of hydrogen-bond acceptors (Lipinski definition) is 10. The smallest absolute Gasteiger partial charge is 0.256 e. The average Bonchev–Trinajstić information content (AvgIpc) is 3.09. The van der Waals surface area contributed by atoms with Crippen LogP contribution in [0.25, 0.3) is 0 Å². The van der Waals surface area contributed by atoms with Gasteiger partial charge in [0, 0.05) is 31.0 Å². The fourth-order valence-corrected chi connectivity index (χ4v) is 7.65. The number of amides is 1. The van der Waals surface area contributed by atoms with Gasteiger partial charge in [-0.1, -0.05) is 51.7 Å². The number of fused-ring (bicyclic) bond motifs is 1. The van der Waals surface area contributed by atoms with Gasteiger partial charge in [-0.3, -0.25) is 10.1 Å². The number of anilines is 2. The molecule has 2 aromatic rings. The van der Waals surface area contributed by atoms with Gasteiger partial charge in [0.1, 0.15) is 18.3 Å². The Morgan fingerprint density at radius 1 is 1.02 bits per heavy atom. The minimum atomic E-state index is -3.67. The molecular weight excluding hydrogens is 574 g/mol. The van der Waals surface area contributed by atoms with Gasteiger partial charge in [-0.25, -0.2) is 8.42 Å². The minimum Gasteiger partial charge on any atom is -0.394 e. The maximum absolute atomic E-state index is 14.0. The standard InChI is InChI=1S/C31H47N3O8S/c1-5-7-14-31(15-8-6-2)19-43(41,42)25-13-12-22(34(3)4)17-23(25)26(33-31)20-10-9-11-21(16-20)32-30(40)29(39)28(38)27(37)24(36)18-35/h9-13,16-17,24,26-29,33,35-39H,5-8,14-15,18-19H2,1-4H3,(H,32,40). The van der Waals surface area contributed by atoms with Crippen LogP contribution in [-0.2, 0) is 14.6 Å². The molecule has 5 unspecified atom stereocenters. The van der Waals surface area contributed by atoms with Crippen LogP contribution in [0, 0.1) is 0 Å². The first-order valence-electron chi connectivity index (χ1n) is 14.8. The Morgan fingerprint density at radius 2 is 1.67 bits per heavy atom. The molecule has 1 aliphatic heterocycles. The van der Waals surface area contributed by atoms with Gasteiger partial charge in [0.05, 0.1) is 23.3 Å². The molecule has 0 fully saturated rings. The topological polar surface area (TPSA) is 180 Å². The molecule has 12 heteroatoms. The van der Waals surface area contributed by atoms with Crippen molar-refractivity contribution in [3.05, 3.63) is 53.6 Å². The normalized spacial score (nSPS) is 20.3. The van der Waals surface area contributed by atoms with E-state index in [0.717, 1.165) is 31.4 Å². The predicted molar refractivity (Wildman–Crippen MR) is 166 cm³/mol. The largest absolute Gasteiger partial charge is 0.394 e. The third-order valence-corrected chi connectivity index (χ3v) is 10.1. The van der Waals surface area contributed by atoms with E-state index in [1.165, 1.54) is 0 Å². The van der Waals surface area contributed by atoms with Crippen molar-refractivity contribution in [2.45, 2.75) is 93.3 Å². The molecule has 1 amide bonds. The predicted octanol–water partition coefficient (Wildman–Crippen LogP) is 1.71. The number of unbranched alkanes of at least 4 members (excludes halogenated alkanes) is 2. The minimum absolute atomic E-state index is 0.0344. The molecule has 3 rings (SSSR count). The van der Waals surface area contributed by atoms with E-state index in [1.807, 2.05) is 31.1 Å². The number of nitrogens with one attached hydrogen (secondary N) is 2. The van der Waals surface area contributed by atoms with E-state index in [0.29, 0.717) is 24.0 Å². The summed E-state index contributed by atoms with van der Waals surface area (Å²) >= 11 is 0. The molecule has 0 bridgehead atoms. The van der Waals surface area contributed by atoms with E-state index in [1.54, 1.807) is 30.3 Å². The van der Waals surface area contributed by atoms with Crippen LogP contribution >= 0.6 is 0 Å². The second kappa shape index (κ2) is 14.9. The second-order valence-electron chi connectivity index (χ2n) is 11.7. The summed E-state index contributed by atoms with van der Waals surface area (Å²) < 4.78 is 27.9. The average molecular weight is 622 g/mol. The SMILES string of the molecule is CCCCC1(CCCC)CS(=O)(=O)c2ccc(N(C)C)cc2C(c2cccc(NC(=O)C(O)C(O)C(O)C(O)CO)c2)N1.